The van der Waals surface area contributed by atoms with Gasteiger partial charge >= 0.3 is 5.97 Å². The molecule has 1 amide bonds. The Morgan fingerprint density at radius 1 is 0.885 bits per heavy atom. The van der Waals surface area contributed by atoms with Crippen molar-refractivity contribution in [3.63, 3.8) is 0 Å². The monoisotopic (exact) mass is 349 g/mol. The van der Waals surface area contributed by atoms with Gasteiger partial charge in [-0.2, -0.15) is 0 Å². The molecule has 3 aromatic rings. The Balaban J connectivity index is 1.71. The van der Waals surface area contributed by atoms with E-state index >= 15 is 0 Å². The van der Waals surface area contributed by atoms with E-state index in [9.17, 15) is 9.59 Å². The van der Waals surface area contributed by atoms with E-state index in [-0.39, 0.29) is 11.5 Å². The second-order valence-corrected chi connectivity index (χ2v) is 6.03. The van der Waals surface area contributed by atoms with Gasteiger partial charge in [-0.15, -0.1) is 0 Å². The first-order valence-electron chi connectivity index (χ1n) is 8.09. The summed E-state index contributed by atoms with van der Waals surface area (Å²) in [4.78, 5) is 23.2. The maximum Gasteiger partial charge on any atom is 0.335 e. The van der Waals surface area contributed by atoms with Crippen LogP contribution in [0.5, 0.6) is 0 Å². The highest BCUT2D eigenvalue weighted by Gasteiger charge is 2.08. The van der Waals surface area contributed by atoms with Crippen molar-refractivity contribution < 1.29 is 14.7 Å². The van der Waals surface area contributed by atoms with Crippen LogP contribution in [0.4, 0.5) is 0 Å². The van der Waals surface area contributed by atoms with Crippen LogP contribution in [0.3, 0.4) is 0 Å². The smallest absolute Gasteiger partial charge is 0.335 e. The van der Waals surface area contributed by atoms with Gasteiger partial charge in [0.25, 0.3) is 5.91 Å². The molecule has 0 aromatic heterocycles. The minimum Gasteiger partial charge on any atom is -0.478 e. The fourth-order valence-electron chi connectivity index (χ4n) is 2.66. The lowest BCUT2D eigenvalue weighted by Gasteiger charge is -2.09. The number of carbonyl (C=O) groups excluding carboxylic acids is 1. The van der Waals surface area contributed by atoms with E-state index in [0.717, 1.165) is 21.9 Å². The highest BCUT2D eigenvalue weighted by atomic mass is 16.4. The molecule has 0 heterocycles. The molecule has 6 heteroatoms. The molecule has 0 saturated carbocycles. The minimum atomic E-state index is -0.976. The van der Waals surface area contributed by atoms with Gasteiger partial charge in [0.1, 0.15) is 0 Å². The molecule has 6 N–H and O–H groups in total. The molecule has 0 aliphatic heterocycles. The Morgan fingerprint density at radius 2 is 1.50 bits per heavy atom. The molecule has 3 aromatic carbocycles. The van der Waals surface area contributed by atoms with Crippen LogP contribution in [-0.2, 0) is 6.54 Å². The first-order valence-corrected chi connectivity index (χ1v) is 8.09. The van der Waals surface area contributed by atoms with Crippen molar-refractivity contribution in [3.8, 4) is 0 Å². The predicted molar refractivity (Wildman–Crippen MR) is 99.6 cm³/mol. The summed E-state index contributed by atoms with van der Waals surface area (Å²) in [5, 5.41) is 13.6. The zero-order valence-corrected chi connectivity index (χ0v) is 14.0. The van der Waals surface area contributed by atoms with Crippen LogP contribution in [0, 0.1) is 0 Å². The van der Waals surface area contributed by atoms with Gasteiger partial charge in [0.2, 0.25) is 0 Å². The maximum atomic E-state index is 12.4. The highest BCUT2D eigenvalue weighted by molar-refractivity contribution is 5.98. The van der Waals surface area contributed by atoms with Gasteiger partial charge in [-0.1, -0.05) is 30.3 Å². The number of rotatable bonds is 5. The lowest BCUT2D eigenvalue weighted by molar-refractivity contribution is 0.0696. The lowest BCUT2D eigenvalue weighted by Crippen LogP contribution is -2.22. The molecule has 3 rings (SSSR count). The molecule has 0 spiro atoms. The topological polar surface area (TPSA) is 118 Å². The van der Waals surface area contributed by atoms with Crippen molar-refractivity contribution in [2.75, 3.05) is 0 Å². The number of nitrogens with two attached hydrogens (primary N) is 2. The first kappa shape index (κ1) is 17.6. The average molecular weight is 349 g/mol. The summed E-state index contributed by atoms with van der Waals surface area (Å²) < 4.78 is 0. The predicted octanol–water partition coefficient (Wildman–Crippen LogP) is 2.38. The Morgan fingerprint density at radius 3 is 2.15 bits per heavy atom. The summed E-state index contributed by atoms with van der Waals surface area (Å²) >= 11 is 0. The fraction of sp³-hybridized carbons (Fsp3) is 0.100. The number of amides is 1. The number of aromatic carboxylic acids is 1. The number of carboxylic acid groups (broad SMARTS) is 1. The summed E-state index contributed by atoms with van der Waals surface area (Å²) in [7, 11) is 0. The van der Waals surface area contributed by atoms with Crippen LogP contribution < -0.4 is 16.8 Å². The highest BCUT2D eigenvalue weighted by Crippen LogP contribution is 2.19. The van der Waals surface area contributed by atoms with Crippen molar-refractivity contribution in [3.05, 3.63) is 82.9 Å². The molecule has 0 fully saturated rings. The summed E-state index contributed by atoms with van der Waals surface area (Å²) in [6.07, 6.45) is -0.533. The Kier molecular flexibility index (Phi) is 4.97. The van der Waals surface area contributed by atoms with Crippen molar-refractivity contribution in [2.24, 2.45) is 11.5 Å². The Hall–Kier alpha value is -3.22. The molecule has 0 aliphatic carbocycles. The molecule has 132 valence electrons. The van der Waals surface area contributed by atoms with Crippen molar-refractivity contribution in [1.29, 1.82) is 0 Å². The second-order valence-electron chi connectivity index (χ2n) is 6.03. The molecule has 0 bridgehead atoms. The van der Waals surface area contributed by atoms with Crippen LogP contribution in [0.2, 0.25) is 0 Å². The van der Waals surface area contributed by atoms with Crippen LogP contribution in [0.1, 0.15) is 38.0 Å². The average Bonchev–Trinajstić information content (AvgIpc) is 2.65. The van der Waals surface area contributed by atoms with E-state index in [0.29, 0.717) is 12.1 Å². The van der Waals surface area contributed by atoms with Gasteiger partial charge in [-0.25, -0.2) is 4.79 Å². The zero-order valence-electron chi connectivity index (χ0n) is 14.0. The number of carbonyl (C=O) groups is 2. The molecule has 26 heavy (non-hydrogen) atoms. The number of carboxylic acids is 1. The molecular weight excluding hydrogens is 330 g/mol. The number of nitrogens with one attached hydrogen (secondary N) is 1. The van der Waals surface area contributed by atoms with Crippen LogP contribution in [0.25, 0.3) is 10.8 Å². The summed E-state index contributed by atoms with van der Waals surface area (Å²) in [5.74, 6) is -1.18. The summed E-state index contributed by atoms with van der Waals surface area (Å²) in [5.41, 5.74) is 13.8. The Bertz CT molecular complexity index is 966. The quantitative estimate of drug-likeness (QED) is 0.527. The summed E-state index contributed by atoms with van der Waals surface area (Å²) in [6.45, 7) is 0.317. The second kappa shape index (κ2) is 7.35. The molecule has 0 saturated heterocycles. The molecule has 6 nitrogen and oxygen atoms in total. The summed E-state index contributed by atoms with van der Waals surface area (Å²) in [6, 6.07) is 17.4. The van der Waals surface area contributed by atoms with Crippen LogP contribution in [0.15, 0.2) is 60.7 Å². The molecule has 0 atom stereocenters. The van der Waals surface area contributed by atoms with Gasteiger partial charge in [0.15, 0.2) is 0 Å². The third-order valence-electron chi connectivity index (χ3n) is 4.17. The van der Waals surface area contributed by atoms with E-state index in [1.165, 1.54) is 12.1 Å². The largest absolute Gasteiger partial charge is 0.478 e. The number of benzene rings is 3. The first-order chi connectivity index (χ1) is 12.4. The van der Waals surface area contributed by atoms with E-state index < -0.39 is 12.1 Å². The van der Waals surface area contributed by atoms with Gasteiger partial charge in [0.05, 0.1) is 11.7 Å². The van der Waals surface area contributed by atoms with Crippen LogP contribution >= 0.6 is 0 Å². The van der Waals surface area contributed by atoms with E-state index in [2.05, 4.69) is 5.32 Å². The van der Waals surface area contributed by atoms with Gasteiger partial charge < -0.3 is 21.9 Å². The third kappa shape index (κ3) is 3.88. The van der Waals surface area contributed by atoms with E-state index in [1.807, 2.05) is 30.3 Å². The standard InChI is InChI=1S/C20H19N3O3/c21-18(22)16-7-5-15-10-17(8-6-14(15)9-16)19(24)23-11-12-1-3-13(4-2-12)20(25)26/h1-10,18H,11,21-22H2,(H,23,24)(H,25,26). The minimum absolute atomic E-state index is 0.200. The normalized spacial score (nSPS) is 10.9. The fourth-order valence-corrected chi connectivity index (χ4v) is 2.66. The number of hydrogen-bond donors (Lipinski definition) is 4. The Labute approximate surface area is 150 Å². The molecule has 0 aliphatic rings. The molecular formula is C20H19N3O3. The van der Waals surface area contributed by atoms with Crippen molar-refractivity contribution in [2.45, 2.75) is 12.7 Å². The zero-order chi connectivity index (χ0) is 18.7. The van der Waals surface area contributed by atoms with E-state index in [1.54, 1.807) is 18.2 Å². The number of fused-ring (bicyclic) bond motifs is 1. The van der Waals surface area contributed by atoms with Crippen molar-refractivity contribution >= 4 is 22.6 Å². The van der Waals surface area contributed by atoms with Gasteiger partial charge in [0, 0.05) is 12.1 Å². The lowest BCUT2D eigenvalue weighted by atomic mass is 10.0. The van der Waals surface area contributed by atoms with E-state index in [4.69, 9.17) is 16.6 Å². The van der Waals surface area contributed by atoms with Crippen molar-refractivity contribution in [1.82, 2.24) is 5.32 Å². The SMILES string of the molecule is NC(N)c1ccc2cc(C(=O)NCc3ccc(C(=O)O)cc3)ccc2c1. The molecule has 0 radical (unpaired) electrons. The third-order valence-corrected chi connectivity index (χ3v) is 4.17. The number of hydrogen-bond acceptors (Lipinski definition) is 4. The molecule has 0 unspecified atom stereocenters. The van der Waals surface area contributed by atoms with Gasteiger partial charge in [-0.05, 0) is 52.2 Å². The maximum absolute atomic E-state index is 12.4. The van der Waals surface area contributed by atoms with Gasteiger partial charge in [-0.3, -0.25) is 4.79 Å². The van der Waals surface area contributed by atoms with Crippen LogP contribution in [-0.4, -0.2) is 17.0 Å².